The van der Waals surface area contributed by atoms with Gasteiger partial charge in [-0.3, -0.25) is 9.48 Å². The number of fused-ring (bicyclic) bond motifs is 1. The number of aromatic nitrogens is 5. The summed E-state index contributed by atoms with van der Waals surface area (Å²) in [4.78, 5) is 15.6. The highest BCUT2D eigenvalue weighted by Crippen LogP contribution is 2.31. The number of carbonyl (C=O) groups excluding carboxylic acids is 1. The number of amides is 1. The fourth-order valence-electron chi connectivity index (χ4n) is 3.19. The number of halogens is 3. The van der Waals surface area contributed by atoms with Gasteiger partial charge in [0.25, 0.3) is 5.91 Å². The average molecular weight is 418 g/mol. The number of rotatable bonds is 5. The van der Waals surface area contributed by atoms with Crippen molar-refractivity contribution in [2.75, 3.05) is 6.54 Å². The SMILES string of the molecule is Cc1cn(CCNC(=O)c2cnn(C)c2)c2cc(-c3noc(C(F)(F)F)n3)ccc12. The van der Waals surface area contributed by atoms with E-state index in [1.165, 1.54) is 6.20 Å². The molecule has 0 saturated heterocycles. The van der Waals surface area contributed by atoms with Gasteiger partial charge in [0.05, 0.1) is 11.8 Å². The first-order valence-electron chi connectivity index (χ1n) is 9.00. The molecule has 0 bridgehead atoms. The van der Waals surface area contributed by atoms with Gasteiger partial charge >= 0.3 is 12.1 Å². The van der Waals surface area contributed by atoms with E-state index in [-0.39, 0.29) is 11.7 Å². The molecule has 1 amide bonds. The van der Waals surface area contributed by atoms with E-state index in [9.17, 15) is 18.0 Å². The Labute approximate surface area is 168 Å². The summed E-state index contributed by atoms with van der Waals surface area (Å²) in [5.74, 6) is -1.76. The third kappa shape index (κ3) is 3.78. The van der Waals surface area contributed by atoms with E-state index >= 15 is 0 Å². The van der Waals surface area contributed by atoms with Crippen molar-refractivity contribution < 1.29 is 22.5 Å². The normalized spacial score (nSPS) is 11.9. The van der Waals surface area contributed by atoms with Crippen LogP contribution in [0.1, 0.15) is 21.8 Å². The molecule has 30 heavy (non-hydrogen) atoms. The van der Waals surface area contributed by atoms with Gasteiger partial charge in [-0.1, -0.05) is 17.3 Å². The lowest BCUT2D eigenvalue weighted by Crippen LogP contribution is -2.26. The molecule has 0 fully saturated rings. The lowest BCUT2D eigenvalue weighted by atomic mass is 10.1. The third-order valence-corrected chi connectivity index (χ3v) is 4.61. The maximum Gasteiger partial charge on any atom is 0.471 e. The van der Waals surface area contributed by atoms with Crippen LogP contribution >= 0.6 is 0 Å². The summed E-state index contributed by atoms with van der Waals surface area (Å²) in [5.41, 5.74) is 2.66. The molecule has 3 aromatic heterocycles. The van der Waals surface area contributed by atoms with Crippen molar-refractivity contribution >= 4 is 16.8 Å². The Hall–Kier alpha value is -3.63. The largest absolute Gasteiger partial charge is 0.471 e. The summed E-state index contributed by atoms with van der Waals surface area (Å²) in [6, 6.07) is 5.15. The van der Waals surface area contributed by atoms with Crippen LogP contribution in [0.2, 0.25) is 0 Å². The number of hydrogen-bond acceptors (Lipinski definition) is 5. The Morgan fingerprint density at radius 1 is 1.27 bits per heavy atom. The molecule has 0 aliphatic heterocycles. The van der Waals surface area contributed by atoms with E-state index in [1.807, 2.05) is 17.7 Å². The molecular weight excluding hydrogens is 401 g/mol. The van der Waals surface area contributed by atoms with Crippen molar-refractivity contribution in [1.29, 1.82) is 0 Å². The van der Waals surface area contributed by atoms with E-state index in [2.05, 4.69) is 25.1 Å². The summed E-state index contributed by atoms with van der Waals surface area (Å²) in [5, 5.41) is 11.2. The number of nitrogens with zero attached hydrogens (tertiary/aromatic N) is 5. The number of benzene rings is 1. The van der Waals surface area contributed by atoms with Gasteiger partial charge in [-0.25, -0.2) is 0 Å². The molecule has 0 unspecified atom stereocenters. The Balaban J connectivity index is 1.54. The predicted octanol–water partition coefficient (Wildman–Crippen LogP) is 3.18. The van der Waals surface area contributed by atoms with Gasteiger partial charge in [-0.05, 0) is 18.6 Å². The number of nitrogens with one attached hydrogen (secondary N) is 1. The van der Waals surface area contributed by atoms with Gasteiger partial charge in [0.15, 0.2) is 0 Å². The van der Waals surface area contributed by atoms with Crippen LogP contribution in [0.4, 0.5) is 13.2 Å². The molecule has 4 aromatic rings. The van der Waals surface area contributed by atoms with E-state index in [0.29, 0.717) is 24.2 Å². The fourth-order valence-corrected chi connectivity index (χ4v) is 3.19. The molecule has 1 N–H and O–H groups in total. The third-order valence-electron chi connectivity index (χ3n) is 4.61. The van der Waals surface area contributed by atoms with E-state index in [1.54, 1.807) is 36.1 Å². The highest BCUT2D eigenvalue weighted by atomic mass is 19.4. The van der Waals surface area contributed by atoms with Gasteiger partial charge in [-0.2, -0.15) is 23.3 Å². The van der Waals surface area contributed by atoms with Crippen molar-refractivity contribution in [3.63, 3.8) is 0 Å². The first-order chi connectivity index (χ1) is 14.2. The highest BCUT2D eigenvalue weighted by molar-refractivity contribution is 5.93. The second-order valence-corrected chi connectivity index (χ2v) is 6.82. The molecule has 0 spiro atoms. The monoisotopic (exact) mass is 418 g/mol. The Morgan fingerprint density at radius 3 is 2.73 bits per heavy atom. The maximum atomic E-state index is 12.7. The molecule has 0 saturated carbocycles. The molecule has 0 aliphatic rings. The number of alkyl halides is 3. The standard InChI is InChI=1S/C19H17F3N6O2/c1-11-9-28(6-5-23-17(29)13-8-24-27(2)10-13)15-7-12(3-4-14(11)15)16-25-18(30-26-16)19(20,21)22/h3-4,7-10H,5-6H2,1-2H3,(H,23,29). The summed E-state index contributed by atoms with van der Waals surface area (Å²) in [6.45, 7) is 2.77. The average Bonchev–Trinajstić information content (AvgIpc) is 3.41. The molecule has 0 aliphatic carbocycles. The highest BCUT2D eigenvalue weighted by Gasteiger charge is 2.38. The molecule has 1 aromatic carbocycles. The summed E-state index contributed by atoms with van der Waals surface area (Å²) < 4.78 is 46.0. The Morgan fingerprint density at radius 2 is 2.07 bits per heavy atom. The maximum absolute atomic E-state index is 12.7. The van der Waals surface area contributed by atoms with Gasteiger partial charge in [0, 0.05) is 49.0 Å². The van der Waals surface area contributed by atoms with E-state index in [0.717, 1.165) is 16.5 Å². The topological polar surface area (TPSA) is 90.8 Å². The van der Waals surface area contributed by atoms with Crippen molar-refractivity contribution in [3.05, 3.63) is 53.8 Å². The van der Waals surface area contributed by atoms with Crippen LogP contribution in [-0.4, -0.2) is 36.9 Å². The Bertz CT molecular complexity index is 1220. The first kappa shape index (κ1) is 19.7. The minimum Gasteiger partial charge on any atom is -0.350 e. The zero-order valence-electron chi connectivity index (χ0n) is 16.1. The van der Waals surface area contributed by atoms with Crippen LogP contribution < -0.4 is 5.32 Å². The number of carbonyl (C=O) groups is 1. The smallest absolute Gasteiger partial charge is 0.350 e. The molecule has 11 heteroatoms. The molecule has 4 rings (SSSR count). The van der Waals surface area contributed by atoms with Gasteiger partial charge in [0.1, 0.15) is 0 Å². The van der Waals surface area contributed by atoms with E-state index in [4.69, 9.17) is 0 Å². The van der Waals surface area contributed by atoms with Crippen molar-refractivity contribution in [2.45, 2.75) is 19.6 Å². The van der Waals surface area contributed by atoms with Crippen molar-refractivity contribution in [1.82, 2.24) is 29.8 Å². The van der Waals surface area contributed by atoms with Gasteiger partial charge < -0.3 is 14.4 Å². The van der Waals surface area contributed by atoms with E-state index < -0.39 is 12.1 Å². The molecular formula is C19H17F3N6O2. The summed E-state index contributed by atoms with van der Waals surface area (Å²) >= 11 is 0. The fraction of sp³-hybridized carbons (Fsp3) is 0.263. The van der Waals surface area contributed by atoms with Gasteiger partial charge in [0.2, 0.25) is 5.82 Å². The number of hydrogen-bond donors (Lipinski definition) is 1. The molecule has 3 heterocycles. The molecule has 156 valence electrons. The molecule has 0 radical (unpaired) electrons. The van der Waals surface area contributed by atoms with Crippen molar-refractivity contribution in [2.24, 2.45) is 7.05 Å². The van der Waals surface area contributed by atoms with Crippen LogP contribution in [0.5, 0.6) is 0 Å². The zero-order valence-corrected chi connectivity index (χ0v) is 16.1. The lowest BCUT2D eigenvalue weighted by Gasteiger charge is -2.07. The van der Waals surface area contributed by atoms with Crippen LogP contribution in [0, 0.1) is 6.92 Å². The lowest BCUT2D eigenvalue weighted by molar-refractivity contribution is -0.159. The summed E-state index contributed by atoms with van der Waals surface area (Å²) in [6.07, 6.45) is 0.328. The first-order valence-corrected chi connectivity index (χ1v) is 9.00. The van der Waals surface area contributed by atoms with Crippen molar-refractivity contribution in [3.8, 4) is 11.4 Å². The zero-order chi connectivity index (χ0) is 21.5. The minimum atomic E-state index is -4.70. The quantitative estimate of drug-likeness (QED) is 0.538. The van der Waals surface area contributed by atoms with Gasteiger partial charge in [-0.15, -0.1) is 0 Å². The second kappa shape index (κ2) is 7.32. The number of aryl methyl sites for hydroxylation is 2. The van der Waals surface area contributed by atoms with Crippen LogP contribution in [-0.2, 0) is 19.8 Å². The molecule has 8 nitrogen and oxygen atoms in total. The molecule has 0 atom stereocenters. The second-order valence-electron chi connectivity index (χ2n) is 6.82. The van der Waals surface area contributed by atoms with Crippen LogP contribution in [0.25, 0.3) is 22.3 Å². The summed E-state index contributed by atoms with van der Waals surface area (Å²) in [7, 11) is 1.73. The Kier molecular flexibility index (Phi) is 4.80. The van der Waals surface area contributed by atoms with Crippen LogP contribution in [0.3, 0.4) is 0 Å². The van der Waals surface area contributed by atoms with Crippen LogP contribution in [0.15, 0.2) is 41.3 Å². The minimum absolute atomic E-state index is 0.139. The predicted molar refractivity (Wildman–Crippen MR) is 101 cm³/mol.